The molecule has 3 rings (SSSR count). The Morgan fingerprint density at radius 2 is 1.93 bits per heavy atom. The number of carbonyl (C=O) groups excluding carboxylic acids is 1. The van der Waals surface area contributed by atoms with Gasteiger partial charge in [-0.1, -0.05) is 42.8 Å². The Balaban J connectivity index is 1.62. The summed E-state index contributed by atoms with van der Waals surface area (Å²) in [5, 5.41) is 7.57. The van der Waals surface area contributed by atoms with Gasteiger partial charge in [0, 0.05) is 13.6 Å². The second-order valence-corrected chi connectivity index (χ2v) is 6.71. The number of carbonyl (C=O) groups is 1. The van der Waals surface area contributed by atoms with E-state index in [0.29, 0.717) is 23.7 Å². The van der Waals surface area contributed by atoms with Crippen molar-refractivity contribution in [1.29, 1.82) is 0 Å². The second kappa shape index (κ2) is 8.27. The molecule has 0 bridgehead atoms. The lowest BCUT2D eigenvalue weighted by molar-refractivity contribution is 0.0941. The van der Waals surface area contributed by atoms with E-state index in [1.165, 1.54) is 4.68 Å². The minimum atomic E-state index is -0.241. The molecule has 0 saturated heterocycles. The van der Waals surface area contributed by atoms with Gasteiger partial charge in [0.1, 0.15) is 17.2 Å². The highest BCUT2D eigenvalue weighted by Crippen LogP contribution is 2.23. The Kier molecular flexibility index (Phi) is 5.81. The van der Waals surface area contributed by atoms with Crippen molar-refractivity contribution in [3.63, 3.8) is 0 Å². The van der Waals surface area contributed by atoms with Crippen LogP contribution in [0.1, 0.15) is 34.2 Å². The summed E-state index contributed by atoms with van der Waals surface area (Å²) in [6.45, 7) is 4.37. The Hall–Kier alpha value is -2.79. The van der Waals surface area contributed by atoms with Crippen LogP contribution < -0.4 is 10.1 Å². The van der Waals surface area contributed by atoms with Gasteiger partial charge >= 0.3 is 0 Å². The molecule has 0 saturated carbocycles. The van der Waals surface area contributed by atoms with E-state index in [9.17, 15) is 4.79 Å². The molecule has 0 radical (unpaired) electrons. The van der Waals surface area contributed by atoms with E-state index in [2.05, 4.69) is 10.4 Å². The summed E-state index contributed by atoms with van der Waals surface area (Å²) in [6, 6.07) is 15.5. The van der Waals surface area contributed by atoms with E-state index in [1.807, 2.05) is 62.4 Å². The van der Waals surface area contributed by atoms with E-state index in [-0.39, 0.29) is 5.91 Å². The number of nitrogens with one attached hydrogen (secondary N) is 1. The van der Waals surface area contributed by atoms with Crippen molar-refractivity contribution in [3.8, 4) is 11.5 Å². The van der Waals surface area contributed by atoms with Gasteiger partial charge in [-0.3, -0.25) is 9.48 Å². The number of halogens is 1. The van der Waals surface area contributed by atoms with Crippen molar-refractivity contribution in [2.24, 2.45) is 7.05 Å². The molecule has 0 unspecified atom stereocenters. The minimum absolute atomic E-state index is 0.241. The third-order valence-corrected chi connectivity index (χ3v) is 4.60. The van der Waals surface area contributed by atoms with Crippen molar-refractivity contribution in [3.05, 3.63) is 76.1 Å². The summed E-state index contributed by atoms with van der Waals surface area (Å²) in [5.74, 6) is 1.31. The molecule has 3 aromatic rings. The van der Waals surface area contributed by atoms with E-state index < -0.39 is 0 Å². The van der Waals surface area contributed by atoms with Gasteiger partial charge in [0.2, 0.25) is 0 Å². The highest BCUT2D eigenvalue weighted by atomic mass is 35.5. The fourth-order valence-electron chi connectivity index (χ4n) is 2.78. The smallest absolute Gasteiger partial charge is 0.271 e. The summed E-state index contributed by atoms with van der Waals surface area (Å²) in [5.41, 5.74) is 3.22. The molecular weight excluding hydrogens is 362 g/mol. The Labute approximate surface area is 163 Å². The number of hydrogen-bond acceptors (Lipinski definition) is 3. The van der Waals surface area contributed by atoms with E-state index in [0.717, 1.165) is 28.3 Å². The zero-order valence-electron chi connectivity index (χ0n) is 15.6. The molecule has 5 nitrogen and oxygen atoms in total. The van der Waals surface area contributed by atoms with Crippen LogP contribution in [0.25, 0.3) is 0 Å². The molecule has 0 atom stereocenters. The molecule has 1 N–H and O–H groups in total. The first kappa shape index (κ1) is 19.0. The number of rotatable bonds is 6. The summed E-state index contributed by atoms with van der Waals surface area (Å²) in [7, 11) is 1.72. The Morgan fingerprint density at radius 1 is 1.19 bits per heavy atom. The van der Waals surface area contributed by atoms with Crippen molar-refractivity contribution in [1.82, 2.24) is 15.1 Å². The van der Waals surface area contributed by atoms with Crippen LogP contribution in [-0.2, 0) is 20.0 Å². The SMILES string of the molecule is CCc1nn(C)c(C(=O)NCc2ccc(Oc3cccc(C)c3)cc2)c1Cl. The maximum atomic E-state index is 12.4. The third kappa shape index (κ3) is 4.49. The maximum Gasteiger partial charge on any atom is 0.271 e. The summed E-state index contributed by atoms with van der Waals surface area (Å²) in [6.07, 6.45) is 0.683. The molecule has 1 heterocycles. The number of hydrogen-bond donors (Lipinski definition) is 1. The minimum Gasteiger partial charge on any atom is -0.457 e. The molecule has 6 heteroatoms. The van der Waals surface area contributed by atoms with Crippen molar-refractivity contribution < 1.29 is 9.53 Å². The van der Waals surface area contributed by atoms with Gasteiger partial charge in [-0.15, -0.1) is 0 Å². The maximum absolute atomic E-state index is 12.4. The monoisotopic (exact) mass is 383 g/mol. The number of ether oxygens (including phenoxy) is 1. The molecular formula is C21H22ClN3O2. The standard InChI is InChI=1S/C21H22ClN3O2/c1-4-18-19(22)20(25(3)24-18)21(26)23-13-15-8-10-16(11-9-15)27-17-7-5-6-14(2)12-17/h5-12H,4,13H2,1-3H3,(H,23,26). The zero-order chi connectivity index (χ0) is 19.4. The van der Waals surface area contributed by atoms with Gasteiger partial charge < -0.3 is 10.1 Å². The average molecular weight is 384 g/mol. The summed E-state index contributed by atoms with van der Waals surface area (Å²) >= 11 is 6.25. The highest BCUT2D eigenvalue weighted by Gasteiger charge is 2.19. The molecule has 0 aliphatic rings. The first-order chi connectivity index (χ1) is 13.0. The van der Waals surface area contributed by atoms with Gasteiger partial charge in [-0.25, -0.2) is 0 Å². The summed E-state index contributed by atoms with van der Waals surface area (Å²) < 4.78 is 7.36. The predicted octanol–water partition coefficient (Wildman–Crippen LogP) is 4.67. The zero-order valence-corrected chi connectivity index (χ0v) is 16.4. The van der Waals surface area contributed by atoms with Crippen molar-refractivity contribution >= 4 is 17.5 Å². The van der Waals surface area contributed by atoms with Gasteiger partial charge in [-0.2, -0.15) is 5.10 Å². The number of aromatic nitrogens is 2. The molecule has 0 fully saturated rings. The Morgan fingerprint density at radius 3 is 2.56 bits per heavy atom. The lowest BCUT2D eigenvalue weighted by Crippen LogP contribution is -2.25. The number of aryl methyl sites for hydroxylation is 3. The lowest BCUT2D eigenvalue weighted by atomic mass is 10.2. The molecule has 27 heavy (non-hydrogen) atoms. The topological polar surface area (TPSA) is 56.2 Å². The molecule has 0 spiro atoms. The van der Waals surface area contributed by atoms with Gasteiger partial charge in [0.15, 0.2) is 0 Å². The number of benzene rings is 2. The Bertz CT molecular complexity index is 949. The molecule has 0 aliphatic carbocycles. The van der Waals surface area contributed by atoms with Crippen LogP contribution in [0.5, 0.6) is 11.5 Å². The van der Waals surface area contributed by atoms with Crippen LogP contribution in [0.2, 0.25) is 5.02 Å². The lowest BCUT2D eigenvalue weighted by Gasteiger charge is -2.09. The molecule has 140 valence electrons. The van der Waals surface area contributed by atoms with Crippen molar-refractivity contribution in [2.45, 2.75) is 26.8 Å². The highest BCUT2D eigenvalue weighted by molar-refractivity contribution is 6.34. The largest absolute Gasteiger partial charge is 0.457 e. The fraction of sp³-hybridized carbons (Fsp3) is 0.238. The van der Waals surface area contributed by atoms with Gasteiger partial charge in [0.25, 0.3) is 5.91 Å². The number of nitrogens with zero attached hydrogens (tertiary/aromatic N) is 2. The van der Waals surface area contributed by atoms with Crippen LogP contribution in [0.15, 0.2) is 48.5 Å². The molecule has 0 aliphatic heterocycles. The van der Waals surface area contributed by atoms with Crippen molar-refractivity contribution in [2.75, 3.05) is 0 Å². The molecule has 1 aromatic heterocycles. The van der Waals surface area contributed by atoms with Gasteiger partial charge in [-0.05, 0) is 48.7 Å². The molecule has 1 amide bonds. The van der Waals surface area contributed by atoms with E-state index >= 15 is 0 Å². The van der Waals surface area contributed by atoms with Crippen LogP contribution in [0, 0.1) is 6.92 Å². The summed E-state index contributed by atoms with van der Waals surface area (Å²) in [4.78, 5) is 12.4. The first-order valence-corrected chi connectivity index (χ1v) is 9.18. The van der Waals surface area contributed by atoms with Crippen LogP contribution in [-0.4, -0.2) is 15.7 Å². The normalized spacial score (nSPS) is 10.7. The fourth-order valence-corrected chi connectivity index (χ4v) is 3.16. The van der Waals surface area contributed by atoms with Crippen LogP contribution >= 0.6 is 11.6 Å². The average Bonchev–Trinajstić information content (AvgIpc) is 2.94. The van der Waals surface area contributed by atoms with Crippen LogP contribution in [0.4, 0.5) is 0 Å². The van der Waals surface area contributed by atoms with E-state index in [1.54, 1.807) is 7.05 Å². The predicted molar refractivity (Wildman–Crippen MR) is 106 cm³/mol. The quantitative estimate of drug-likeness (QED) is 0.673. The first-order valence-electron chi connectivity index (χ1n) is 8.81. The van der Waals surface area contributed by atoms with E-state index in [4.69, 9.17) is 16.3 Å². The second-order valence-electron chi connectivity index (χ2n) is 6.33. The van der Waals surface area contributed by atoms with Crippen LogP contribution in [0.3, 0.4) is 0 Å². The number of amides is 1. The van der Waals surface area contributed by atoms with Gasteiger partial charge in [0.05, 0.1) is 10.7 Å². The molecule has 2 aromatic carbocycles. The third-order valence-electron chi connectivity index (χ3n) is 4.21.